The molecule has 0 spiro atoms. The maximum Gasteiger partial charge on any atom is 0.222 e. The summed E-state index contributed by atoms with van der Waals surface area (Å²) in [6.45, 7) is 4.81. The molecule has 1 unspecified atom stereocenters. The lowest BCUT2D eigenvalue weighted by molar-refractivity contribution is -0.134. The van der Waals surface area contributed by atoms with Gasteiger partial charge in [-0.25, -0.2) is 0 Å². The summed E-state index contributed by atoms with van der Waals surface area (Å²) in [5.41, 5.74) is 1.16. The molecule has 3 heteroatoms. The van der Waals surface area contributed by atoms with E-state index in [1.54, 1.807) is 7.11 Å². The van der Waals surface area contributed by atoms with Crippen molar-refractivity contribution in [1.29, 1.82) is 0 Å². The smallest absolute Gasteiger partial charge is 0.222 e. The number of benzene rings is 1. The van der Waals surface area contributed by atoms with Gasteiger partial charge in [-0.3, -0.25) is 4.79 Å². The topological polar surface area (TPSA) is 29.5 Å². The van der Waals surface area contributed by atoms with Crippen LogP contribution in [0.15, 0.2) is 24.3 Å². The number of nitrogens with zero attached hydrogens (tertiary/aromatic N) is 1. The second-order valence-corrected chi connectivity index (χ2v) is 5.30. The highest BCUT2D eigenvalue weighted by atomic mass is 16.5. The zero-order valence-corrected chi connectivity index (χ0v) is 12.1. The van der Waals surface area contributed by atoms with Crippen molar-refractivity contribution in [2.24, 2.45) is 5.92 Å². The van der Waals surface area contributed by atoms with Crippen LogP contribution in [-0.2, 0) is 11.3 Å². The molecule has 3 nitrogen and oxygen atoms in total. The fourth-order valence-electron chi connectivity index (χ4n) is 2.42. The molecule has 0 aromatic heterocycles. The van der Waals surface area contributed by atoms with Gasteiger partial charge in [0, 0.05) is 19.0 Å². The summed E-state index contributed by atoms with van der Waals surface area (Å²) < 4.78 is 5.16. The Balaban J connectivity index is 2.07. The summed E-state index contributed by atoms with van der Waals surface area (Å²) in [6, 6.07) is 8.33. The monoisotopic (exact) mass is 261 g/mol. The predicted octanol–water partition coefficient (Wildman–Crippen LogP) is 3.23. The first-order chi connectivity index (χ1) is 9.15. The first kappa shape index (κ1) is 13.9. The van der Waals surface area contributed by atoms with Gasteiger partial charge in [-0.05, 0) is 43.4 Å². The summed E-state index contributed by atoms with van der Waals surface area (Å²) in [5, 5.41) is 0. The van der Waals surface area contributed by atoms with Crippen molar-refractivity contribution in [2.75, 3.05) is 7.11 Å². The van der Waals surface area contributed by atoms with E-state index in [4.69, 9.17) is 4.74 Å². The molecular weight excluding hydrogens is 238 g/mol. The Morgan fingerprint density at radius 3 is 2.47 bits per heavy atom. The van der Waals surface area contributed by atoms with E-state index in [9.17, 15) is 4.79 Å². The van der Waals surface area contributed by atoms with Gasteiger partial charge in [0.05, 0.1) is 7.11 Å². The molecule has 1 aromatic carbocycles. The molecule has 0 aliphatic heterocycles. The van der Waals surface area contributed by atoms with Crippen LogP contribution in [0.2, 0.25) is 0 Å². The molecule has 1 aliphatic rings. The molecule has 104 valence electrons. The average molecular weight is 261 g/mol. The molecule has 1 saturated carbocycles. The lowest BCUT2D eigenvalue weighted by atomic mass is 10.1. The van der Waals surface area contributed by atoms with E-state index in [0.717, 1.165) is 11.3 Å². The maximum atomic E-state index is 12.1. The van der Waals surface area contributed by atoms with Crippen LogP contribution < -0.4 is 4.74 Å². The summed E-state index contributed by atoms with van der Waals surface area (Å²) in [5.74, 6) is 1.80. The normalized spacial score (nSPS) is 15.9. The summed E-state index contributed by atoms with van der Waals surface area (Å²) in [4.78, 5) is 14.1. The lowest BCUT2D eigenvalue weighted by Gasteiger charge is -2.29. The Labute approximate surface area is 115 Å². The number of carbonyl (C=O) groups excluding carboxylic acids is 1. The van der Waals surface area contributed by atoms with E-state index >= 15 is 0 Å². The Kier molecular flexibility index (Phi) is 4.46. The van der Waals surface area contributed by atoms with Crippen LogP contribution in [0.1, 0.15) is 38.7 Å². The fourth-order valence-corrected chi connectivity index (χ4v) is 2.42. The van der Waals surface area contributed by atoms with E-state index in [0.29, 0.717) is 24.9 Å². The number of hydrogen-bond donors (Lipinski definition) is 0. The van der Waals surface area contributed by atoms with Crippen LogP contribution in [0, 0.1) is 5.92 Å². The molecule has 0 bridgehead atoms. The summed E-state index contributed by atoms with van der Waals surface area (Å²) >= 11 is 0. The maximum absolute atomic E-state index is 12.1. The van der Waals surface area contributed by atoms with Gasteiger partial charge in [0.2, 0.25) is 5.91 Å². The van der Waals surface area contributed by atoms with Gasteiger partial charge >= 0.3 is 0 Å². The van der Waals surface area contributed by atoms with Crippen LogP contribution in [0.3, 0.4) is 0 Å². The van der Waals surface area contributed by atoms with Crippen molar-refractivity contribution in [3.63, 3.8) is 0 Å². The van der Waals surface area contributed by atoms with E-state index in [1.165, 1.54) is 12.8 Å². The Hall–Kier alpha value is -1.51. The van der Waals surface area contributed by atoms with Crippen molar-refractivity contribution in [1.82, 2.24) is 4.90 Å². The molecule has 1 fully saturated rings. The van der Waals surface area contributed by atoms with Crippen molar-refractivity contribution in [2.45, 2.75) is 45.7 Å². The van der Waals surface area contributed by atoms with Crippen molar-refractivity contribution >= 4 is 5.91 Å². The third-order valence-electron chi connectivity index (χ3n) is 3.93. The quantitative estimate of drug-likeness (QED) is 0.787. The van der Waals surface area contributed by atoms with E-state index in [1.807, 2.05) is 36.1 Å². The average Bonchev–Trinajstić information content (AvgIpc) is 3.28. The van der Waals surface area contributed by atoms with Crippen LogP contribution >= 0.6 is 0 Å². The molecule has 1 atom stereocenters. The van der Waals surface area contributed by atoms with E-state index < -0.39 is 0 Å². The molecule has 0 heterocycles. The highest BCUT2D eigenvalue weighted by molar-refractivity contribution is 5.76. The molecule has 0 N–H and O–H groups in total. The highest BCUT2D eigenvalue weighted by Crippen LogP contribution is 2.36. The number of rotatable bonds is 6. The largest absolute Gasteiger partial charge is 0.497 e. The van der Waals surface area contributed by atoms with Crippen LogP contribution in [0.4, 0.5) is 0 Å². The second-order valence-electron chi connectivity index (χ2n) is 5.30. The summed E-state index contributed by atoms with van der Waals surface area (Å²) in [7, 11) is 1.66. The van der Waals surface area contributed by atoms with Gasteiger partial charge in [0.25, 0.3) is 0 Å². The molecule has 2 rings (SSSR count). The van der Waals surface area contributed by atoms with E-state index in [2.05, 4.69) is 6.92 Å². The van der Waals surface area contributed by atoms with Crippen molar-refractivity contribution < 1.29 is 9.53 Å². The summed E-state index contributed by atoms with van der Waals surface area (Å²) in [6.07, 6.45) is 3.10. The predicted molar refractivity (Wildman–Crippen MR) is 76.0 cm³/mol. The van der Waals surface area contributed by atoms with Gasteiger partial charge < -0.3 is 9.64 Å². The molecule has 0 radical (unpaired) electrons. The molecule has 1 amide bonds. The fraction of sp³-hybridized carbons (Fsp3) is 0.562. The third-order valence-corrected chi connectivity index (χ3v) is 3.93. The van der Waals surface area contributed by atoms with Crippen molar-refractivity contribution in [3.05, 3.63) is 29.8 Å². The zero-order valence-electron chi connectivity index (χ0n) is 12.1. The minimum atomic E-state index is 0.246. The van der Waals surface area contributed by atoms with Gasteiger partial charge in [-0.1, -0.05) is 19.1 Å². The molecule has 1 aromatic rings. The van der Waals surface area contributed by atoms with Gasteiger partial charge in [0.15, 0.2) is 0 Å². The number of ether oxygens (including phenoxy) is 1. The number of methoxy groups -OCH3 is 1. The lowest BCUT2D eigenvalue weighted by Crippen LogP contribution is -2.38. The molecule has 19 heavy (non-hydrogen) atoms. The third kappa shape index (κ3) is 3.49. The van der Waals surface area contributed by atoms with Crippen LogP contribution in [0.5, 0.6) is 5.75 Å². The second kappa shape index (κ2) is 6.09. The van der Waals surface area contributed by atoms with E-state index in [-0.39, 0.29) is 5.91 Å². The standard InChI is InChI=1S/C16H23NO2/c1-4-16(18)17(12(2)14-7-8-14)11-13-5-9-15(19-3)10-6-13/h5-6,9-10,12,14H,4,7-8,11H2,1-3H3. The molecule has 0 saturated heterocycles. The first-order valence-electron chi connectivity index (χ1n) is 7.08. The number of carbonyl (C=O) groups is 1. The highest BCUT2D eigenvalue weighted by Gasteiger charge is 2.33. The van der Waals surface area contributed by atoms with Crippen LogP contribution in [0.25, 0.3) is 0 Å². The first-order valence-corrected chi connectivity index (χ1v) is 7.08. The van der Waals surface area contributed by atoms with Crippen molar-refractivity contribution in [3.8, 4) is 5.75 Å². The number of amides is 1. The van der Waals surface area contributed by atoms with Crippen LogP contribution in [-0.4, -0.2) is 24.0 Å². The minimum absolute atomic E-state index is 0.246. The van der Waals surface area contributed by atoms with Gasteiger partial charge in [0.1, 0.15) is 5.75 Å². The zero-order chi connectivity index (χ0) is 13.8. The Morgan fingerprint density at radius 2 is 2.00 bits per heavy atom. The molecule has 1 aliphatic carbocycles. The Morgan fingerprint density at radius 1 is 1.37 bits per heavy atom. The Bertz CT molecular complexity index is 423. The van der Waals surface area contributed by atoms with Gasteiger partial charge in [-0.2, -0.15) is 0 Å². The molecular formula is C16H23NO2. The number of hydrogen-bond acceptors (Lipinski definition) is 2. The minimum Gasteiger partial charge on any atom is -0.497 e. The van der Waals surface area contributed by atoms with Gasteiger partial charge in [-0.15, -0.1) is 0 Å². The SMILES string of the molecule is CCC(=O)N(Cc1ccc(OC)cc1)C(C)C1CC1.